The van der Waals surface area contributed by atoms with Crippen LogP contribution >= 0.6 is 11.3 Å². The molecule has 0 aliphatic carbocycles. The maximum Gasteiger partial charge on any atom is 0.263 e. The Morgan fingerprint density at radius 1 is 1.12 bits per heavy atom. The van der Waals surface area contributed by atoms with Crippen molar-refractivity contribution in [1.82, 2.24) is 4.90 Å². The van der Waals surface area contributed by atoms with Crippen LogP contribution in [0.25, 0.3) is 0 Å². The molecule has 0 unspecified atom stereocenters. The van der Waals surface area contributed by atoms with E-state index in [4.69, 9.17) is 0 Å². The number of thiophene rings is 1. The summed E-state index contributed by atoms with van der Waals surface area (Å²) < 4.78 is 0. The van der Waals surface area contributed by atoms with Crippen molar-refractivity contribution in [1.29, 1.82) is 0 Å². The third-order valence-electron chi connectivity index (χ3n) is 5.13. The average Bonchev–Trinajstić information content (AvgIpc) is 3.17. The number of hydrogen-bond acceptors (Lipinski definition) is 3. The number of benzene rings is 1. The van der Waals surface area contributed by atoms with Crippen LogP contribution in [0.2, 0.25) is 0 Å². The number of carbonyl (C=O) groups excluding carboxylic acids is 2. The molecule has 2 aromatic rings. The van der Waals surface area contributed by atoms with Gasteiger partial charge in [-0.2, -0.15) is 0 Å². The second kappa shape index (κ2) is 7.40. The normalized spacial score (nSPS) is 15.2. The van der Waals surface area contributed by atoms with Crippen molar-refractivity contribution in [2.24, 2.45) is 5.92 Å². The van der Waals surface area contributed by atoms with Crippen LogP contribution < -0.4 is 4.90 Å². The lowest BCUT2D eigenvalue weighted by Crippen LogP contribution is -2.43. The fourth-order valence-corrected chi connectivity index (χ4v) is 4.07. The number of rotatable bonds is 3. The molecule has 0 spiro atoms. The zero-order chi connectivity index (χ0) is 18.0. The van der Waals surface area contributed by atoms with Gasteiger partial charge in [0.05, 0.1) is 4.88 Å². The number of likely N-dealkylation sites (tertiary alicyclic amines) is 1. The van der Waals surface area contributed by atoms with Crippen molar-refractivity contribution in [3.8, 4) is 0 Å². The monoisotopic (exact) mass is 356 g/mol. The van der Waals surface area contributed by atoms with Gasteiger partial charge in [-0.15, -0.1) is 11.3 Å². The van der Waals surface area contributed by atoms with Gasteiger partial charge in [0.15, 0.2) is 0 Å². The second-order valence-electron chi connectivity index (χ2n) is 6.66. The zero-order valence-corrected chi connectivity index (χ0v) is 15.8. The van der Waals surface area contributed by atoms with Crippen molar-refractivity contribution < 1.29 is 9.59 Å². The second-order valence-corrected chi connectivity index (χ2v) is 7.61. The SMILES string of the molecule is Cc1cccc(N(C)C(=O)C2CCN(C(=O)c3cccs3)CC2)c1C. The fraction of sp³-hybridized carbons (Fsp3) is 0.400. The van der Waals surface area contributed by atoms with Gasteiger partial charge < -0.3 is 9.80 Å². The molecule has 2 heterocycles. The van der Waals surface area contributed by atoms with Gasteiger partial charge >= 0.3 is 0 Å². The Balaban J connectivity index is 1.63. The maximum atomic E-state index is 12.9. The number of hydrogen-bond donors (Lipinski definition) is 0. The first-order valence-corrected chi connectivity index (χ1v) is 9.53. The van der Waals surface area contributed by atoms with Gasteiger partial charge in [-0.3, -0.25) is 9.59 Å². The number of carbonyl (C=O) groups is 2. The predicted octanol–water partition coefficient (Wildman–Crippen LogP) is 3.88. The molecule has 132 valence electrons. The lowest BCUT2D eigenvalue weighted by molar-refractivity contribution is -0.123. The van der Waals surface area contributed by atoms with Crippen molar-refractivity contribution in [3.63, 3.8) is 0 Å². The maximum absolute atomic E-state index is 12.9. The summed E-state index contributed by atoms with van der Waals surface area (Å²) >= 11 is 1.47. The topological polar surface area (TPSA) is 40.6 Å². The van der Waals surface area contributed by atoms with Crippen LogP contribution in [0.3, 0.4) is 0 Å². The molecule has 4 nitrogen and oxygen atoms in total. The summed E-state index contributed by atoms with van der Waals surface area (Å²) in [7, 11) is 1.85. The van der Waals surface area contributed by atoms with Gasteiger partial charge in [0, 0.05) is 31.7 Å². The zero-order valence-electron chi connectivity index (χ0n) is 15.0. The van der Waals surface area contributed by atoms with Crippen LogP contribution in [0.1, 0.15) is 33.6 Å². The third-order valence-corrected chi connectivity index (χ3v) is 5.99. The molecule has 1 aliphatic heterocycles. The Labute approximate surface area is 153 Å². The highest BCUT2D eigenvalue weighted by atomic mass is 32.1. The number of nitrogens with zero attached hydrogens (tertiary/aromatic N) is 2. The van der Waals surface area contributed by atoms with E-state index in [2.05, 4.69) is 19.9 Å². The number of anilines is 1. The molecule has 1 saturated heterocycles. The van der Waals surface area contributed by atoms with Crippen molar-refractivity contribution in [2.75, 3.05) is 25.0 Å². The summed E-state index contributed by atoms with van der Waals surface area (Å²) in [4.78, 5) is 29.7. The molecule has 25 heavy (non-hydrogen) atoms. The lowest BCUT2D eigenvalue weighted by atomic mass is 9.94. The quantitative estimate of drug-likeness (QED) is 0.837. The van der Waals surface area contributed by atoms with Crippen LogP contribution in [-0.4, -0.2) is 36.9 Å². The molecular weight excluding hydrogens is 332 g/mol. The van der Waals surface area contributed by atoms with Crippen molar-refractivity contribution in [3.05, 3.63) is 51.7 Å². The molecule has 0 N–H and O–H groups in total. The largest absolute Gasteiger partial charge is 0.338 e. The minimum Gasteiger partial charge on any atom is -0.338 e. The molecule has 1 fully saturated rings. The Morgan fingerprint density at radius 3 is 2.48 bits per heavy atom. The summed E-state index contributed by atoms with van der Waals surface area (Å²) in [6, 6.07) is 9.80. The van der Waals surface area contributed by atoms with Gasteiger partial charge in [-0.1, -0.05) is 18.2 Å². The van der Waals surface area contributed by atoms with Crippen molar-refractivity contribution in [2.45, 2.75) is 26.7 Å². The van der Waals surface area contributed by atoms with Crippen LogP contribution in [0.15, 0.2) is 35.7 Å². The molecule has 1 aromatic heterocycles. The van der Waals surface area contributed by atoms with Gasteiger partial charge in [0.2, 0.25) is 5.91 Å². The Kier molecular flexibility index (Phi) is 5.23. The molecule has 3 rings (SSSR count). The van der Waals surface area contributed by atoms with E-state index in [1.54, 1.807) is 4.90 Å². The summed E-state index contributed by atoms with van der Waals surface area (Å²) in [6.07, 6.45) is 1.45. The minimum absolute atomic E-state index is 0.0164. The summed E-state index contributed by atoms with van der Waals surface area (Å²) in [5.41, 5.74) is 3.30. The van der Waals surface area contributed by atoms with E-state index in [-0.39, 0.29) is 17.7 Å². The van der Waals surface area contributed by atoms with Crippen LogP contribution in [-0.2, 0) is 4.79 Å². The first-order chi connectivity index (χ1) is 12.0. The van der Waals surface area contributed by atoms with Gasteiger partial charge in [-0.05, 0) is 55.3 Å². The van der Waals surface area contributed by atoms with E-state index >= 15 is 0 Å². The number of amides is 2. The summed E-state index contributed by atoms with van der Waals surface area (Å²) in [5, 5.41) is 1.92. The number of aryl methyl sites for hydroxylation is 1. The Bertz CT molecular complexity index is 762. The van der Waals surface area contributed by atoms with E-state index in [9.17, 15) is 9.59 Å². The van der Waals surface area contributed by atoms with E-state index in [0.717, 1.165) is 29.0 Å². The van der Waals surface area contributed by atoms with Crippen LogP contribution in [0.5, 0.6) is 0 Å². The van der Waals surface area contributed by atoms with Gasteiger partial charge in [0.25, 0.3) is 5.91 Å². The smallest absolute Gasteiger partial charge is 0.263 e. The van der Waals surface area contributed by atoms with E-state index in [1.807, 2.05) is 41.6 Å². The molecule has 0 bridgehead atoms. The molecule has 2 amide bonds. The molecule has 5 heteroatoms. The fourth-order valence-electron chi connectivity index (χ4n) is 3.38. The molecule has 0 saturated carbocycles. The highest BCUT2D eigenvalue weighted by molar-refractivity contribution is 7.12. The molecule has 1 aromatic carbocycles. The average molecular weight is 356 g/mol. The first kappa shape index (κ1) is 17.7. The molecule has 0 atom stereocenters. The van der Waals surface area contributed by atoms with E-state index in [1.165, 1.54) is 16.9 Å². The molecule has 0 radical (unpaired) electrons. The van der Waals surface area contributed by atoms with Crippen molar-refractivity contribution >= 4 is 28.8 Å². The minimum atomic E-state index is -0.0164. The Hall–Kier alpha value is -2.14. The number of piperidine rings is 1. The highest BCUT2D eigenvalue weighted by Crippen LogP contribution is 2.27. The van der Waals surface area contributed by atoms with E-state index in [0.29, 0.717) is 13.1 Å². The first-order valence-electron chi connectivity index (χ1n) is 8.65. The lowest BCUT2D eigenvalue weighted by Gasteiger charge is -2.33. The van der Waals surface area contributed by atoms with Crippen LogP contribution in [0, 0.1) is 19.8 Å². The Morgan fingerprint density at radius 2 is 1.84 bits per heavy atom. The molecular formula is C20H24N2O2S. The standard InChI is InChI=1S/C20H24N2O2S/c1-14-6-4-7-17(15(14)2)21(3)19(23)16-9-11-22(12-10-16)20(24)18-8-5-13-25-18/h4-8,13,16H,9-12H2,1-3H3. The summed E-state index contributed by atoms with van der Waals surface area (Å²) in [5.74, 6) is 0.220. The third kappa shape index (κ3) is 3.61. The van der Waals surface area contributed by atoms with Crippen LogP contribution in [0.4, 0.5) is 5.69 Å². The molecule has 1 aliphatic rings. The van der Waals surface area contributed by atoms with E-state index < -0.39 is 0 Å². The van der Waals surface area contributed by atoms with Gasteiger partial charge in [-0.25, -0.2) is 0 Å². The highest BCUT2D eigenvalue weighted by Gasteiger charge is 2.30. The predicted molar refractivity (Wildman–Crippen MR) is 102 cm³/mol. The van der Waals surface area contributed by atoms with Gasteiger partial charge in [0.1, 0.15) is 0 Å². The summed E-state index contributed by atoms with van der Waals surface area (Å²) in [6.45, 7) is 5.41.